The molecule has 1 fully saturated rings. The van der Waals surface area contributed by atoms with Gasteiger partial charge in [0.05, 0.1) is 11.7 Å². The molecule has 7 heteroatoms. The van der Waals surface area contributed by atoms with E-state index in [-0.39, 0.29) is 31.0 Å². The zero-order chi connectivity index (χ0) is 17.4. The van der Waals surface area contributed by atoms with Crippen molar-refractivity contribution >= 4 is 44.8 Å². The molecule has 3 heterocycles. The maximum atomic E-state index is 12.9. The molecule has 0 N–H and O–H groups in total. The Morgan fingerprint density at radius 3 is 3.04 bits per heavy atom. The second-order valence-corrected chi connectivity index (χ2v) is 7.88. The second kappa shape index (κ2) is 6.80. The Morgan fingerprint density at radius 2 is 2.24 bits per heavy atom. The predicted molar refractivity (Wildman–Crippen MR) is 100.0 cm³/mol. The van der Waals surface area contributed by atoms with E-state index in [4.69, 9.17) is 4.74 Å². The van der Waals surface area contributed by atoms with E-state index >= 15 is 0 Å². The summed E-state index contributed by atoms with van der Waals surface area (Å²) in [5.41, 5.74) is 1.84. The predicted octanol–water partition coefficient (Wildman–Crippen LogP) is 3.60. The number of carbonyl (C=O) groups excluding carboxylic acids is 2. The van der Waals surface area contributed by atoms with Crippen LogP contribution >= 0.6 is 27.3 Å². The molecule has 1 unspecified atom stereocenters. The van der Waals surface area contributed by atoms with Gasteiger partial charge < -0.3 is 9.64 Å². The number of ether oxygens (including phenoxy) is 1. The minimum absolute atomic E-state index is 0.0159. The van der Waals surface area contributed by atoms with Crippen LogP contribution in [0.4, 0.5) is 5.69 Å². The van der Waals surface area contributed by atoms with Crippen molar-refractivity contribution in [3.8, 4) is 5.75 Å². The molecule has 2 aliphatic rings. The number of fused-ring (bicyclic) bond motifs is 1. The molecule has 130 valence electrons. The highest BCUT2D eigenvalue weighted by Gasteiger charge is 2.34. The molecule has 2 amide bonds. The van der Waals surface area contributed by atoms with Gasteiger partial charge in [-0.2, -0.15) is 11.3 Å². The molecule has 0 bridgehead atoms. The zero-order valence-corrected chi connectivity index (χ0v) is 15.9. The van der Waals surface area contributed by atoms with E-state index in [9.17, 15) is 9.59 Å². The third-order valence-electron chi connectivity index (χ3n) is 4.66. The van der Waals surface area contributed by atoms with Crippen LogP contribution in [0.2, 0.25) is 0 Å². The first kappa shape index (κ1) is 16.6. The van der Waals surface area contributed by atoms with Crippen molar-refractivity contribution in [2.24, 2.45) is 0 Å². The van der Waals surface area contributed by atoms with E-state index in [0.29, 0.717) is 11.4 Å². The first-order valence-electron chi connectivity index (χ1n) is 8.18. The van der Waals surface area contributed by atoms with Crippen LogP contribution in [-0.2, 0) is 9.59 Å². The summed E-state index contributed by atoms with van der Waals surface area (Å²) in [7, 11) is 0. The second-order valence-electron chi connectivity index (χ2n) is 6.18. The summed E-state index contributed by atoms with van der Waals surface area (Å²) < 4.78 is 6.37. The number of thiophene rings is 1. The number of likely N-dealkylation sites (tertiary alicyclic amines) is 1. The van der Waals surface area contributed by atoms with E-state index in [2.05, 4.69) is 27.4 Å². The van der Waals surface area contributed by atoms with Gasteiger partial charge in [0, 0.05) is 11.0 Å². The van der Waals surface area contributed by atoms with Crippen LogP contribution in [0.1, 0.15) is 24.4 Å². The quantitative estimate of drug-likeness (QED) is 0.761. The van der Waals surface area contributed by atoms with Crippen molar-refractivity contribution in [1.82, 2.24) is 4.90 Å². The topological polar surface area (TPSA) is 49.9 Å². The van der Waals surface area contributed by atoms with Crippen molar-refractivity contribution in [3.05, 3.63) is 45.1 Å². The number of rotatable bonds is 3. The van der Waals surface area contributed by atoms with Gasteiger partial charge in [0.15, 0.2) is 6.61 Å². The van der Waals surface area contributed by atoms with E-state index in [0.717, 1.165) is 23.9 Å². The third kappa shape index (κ3) is 3.18. The summed E-state index contributed by atoms with van der Waals surface area (Å²) >= 11 is 5.05. The van der Waals surface area contributed by atoms with Crippen LogP contribution in [0.5, 0.6) is 5.75 Å². The summed E-state index contributed by atoms with van der Waals surface area (Å²) in [5.74, 6) is 0.421. The number of carbonyl (C=O) groups is 2. The van der Waals surface area contributed by atoms with E-state index in [1.807, 2.05) is 28.5 Å². The molecular formula is C18H17BrN2O3S. The Labute approximate surface area is 158 Å². The van der Waals surface area contributed by atoms with E-state index in [1.54, 1.807) is 11.3 Å². The average Bonchev–Trinajstić information content (AvgIpc) is 3.27. The average molecular weight is 421 g/mol. The van der Waals surface area contributed by atoms with Gasteiger partial charge in [-0.05, 0) is 53.4 Å². The molecule has 2 aliphatic heterocycles. The first-order valence-corrected chi connectivity index (χ1v) is 9.91. The molecule has 1 aromatic heterocycles. The minimum Gasteiger partial charge on any atom is -0.482 e. The SMILES string of the molecule is O=C1COc2cc(Br)ccc2N1CC(=O)N1CCCC1c1ccsc1. The van der Waals surface area contributed by atoms with Crippen LogP contribution < -0.4 is 9.64 Å². The normalized spacial score (nSPS) is 19.7. The van der Waals surface area contributed by atoms with Crippen molar-refractivity contribution in [2.75, 3.05) is 24.6 Å². The van der Waals surface area contributed by atoms with Crippen molar-refractivity contribution in [1.29, 1.82) is 0 Å². The summed E-state index contributed by atoms with van der Waals surface area (Å²) in [6.45, 7) is 0.757. The highest BCUT2D eigenvalue weighted by Crippen LogP contribution is 2.36. The highest BCUT2D eigenvalue weighted by molar-refractivity contribution is 9.10. The molecule has 0 saturated carbocycles. The Bertz CT molecular complexity index is 809. The number of anilines is 1. The molecule has 1 saturated heterocycles. The largest absolute Gasteiger partial charge is 0.482 e. The number of hydrogen-bond acceptors (Lipinski definition) is 4. The van der Waals surface area contributed by atoms with Gasteiger partial charge in [0.1, 0.15) is 12.3 Å². The van der Waals surface area contributed by atoms with Crippen molar-refractivity contribution in [3.63, 3.8) is 0 Å². The van der Waals surface area contributed by atoms with Crippen LogP contribution in [0.3, 0.4) is 0 Å². The fourth-order valence-corrected chi connectivity index (χ4v) is 4.50. The number of benzene rings is 1. The lowest BCUT2D eigenvalue weighted by Crippen LogP contribution is -2.46. The molecule has 4 rings (SSSR count). The number of halogens is 1. The molecule has 0 radical (unpaired) electrons. The Kier molecular flexibility index (Phi) is 4.52. The van der Waals surface area contributed by atoms with Crippen LogP contribution in [0.15, 0.2) is 39.5 Å². The third-order valence-corrected chi connectivity index (χ3v) is 5.85. The highest BCUT2D eigenvalue weighted by atomic mass is 79.9. The van der Waals surface area contributed by atoms with Crippen LogP contribution in [0.25, 0.3) is 0 Å². The van der Waals surface area contributed by atoms with Gasteiger partial charge in [-0.15, -0.1) is 0 Å². The number of amides is 2. The zero-order valence-electron chi connectivity index (χ0n) is 13.5. The molecule has 1 atom stereocenters. The van der Waals surface area contributed by atoms with Gasteiger partial charge in [0.2, 0.25) is 5.91 Å². The Morgan fingerprint density at radius 1 is 1.36 bits per heavy atom. The fraction of sp³-hybridized carbons (Fsp3) is 0.333. The van der Waals surface area contributed by atoms with Gasteiger partial charge in [-0.25, -0.2) is 0 Å². The van der Waals surface area contributed by atoms with Gasteiger partial charge in [-0.3, -0.25) is 14.5 Å². The molecule has 5 nitrogen and oxygen atoms in total. The van der Waals surface area contributed by atoms with Crippen LogP contribution in [-0.4, -0.2) is 36.4 Å². The molecule has 1 aromatic carbocycles. The Balaban J connectivity index is 1.55. The fourth-order valence-electron chi connectivity index (χ4n) is 3.45. The standard InChI is InChI=1S/C18H17BrN2O3S/c19-13-3-4-15-16(8-13)24-10-18(23)21(15)9-17(22)20-6-1-2-14(20)12-5-7-25-11-12/h3-5,7-8,11,14H,1-2,6,9-10H2. The Hall–Kier alpha value is -1.86. The lowest BCUT2D eigenvalue weighted by molar-refractivity contribution is -0.132. The van der Waals surface area contributed by atoms with Crippen molar-refractivity contribution < 1.29 is 14.3 Å². The van der Waals surface area contributed by atoms with Gasteiger partial charge in [0.25, 0.3) is 5.91 Å². The molecule has 2 aromatic rings. The summed E-state index contributed by atoms with van der Waals surface area (Å²) in [4.78, 5) is 28.7. The lowest BCUT2D eigenvalue weighted by atomic mass is 10.1. The number of hydrogen-bond donors (Lipinski definition) is 0. The summed E-state index contributed by atoms with van der Waals surface area (Å²) in [6.07, 6.45) is 1.97. The van der Waals surface area contributed by atoms with Crippen molar-refractivity contribution in [2.45, 2.75) is 18.9 Å². The lowest BCUT2D eigenvalue weighted by Gasteiger charge is -2.32. The van der Waals surface area contributed by atoms with E-state index in [1.165, 1.54) is 10.5 Å². The molecule has 0 aliphatic carbocycles. The summed E-state index contributed by atoms with van der Waals surface area (Å²) in [5, 5.41) is 4.14. The maximum Gasteiger partial charge on any atom is 0.265 e. The van der Waals surface area contributed by atoms with Gasteiger partial charge in [-0.1, -0.05) is 15.9 Å². The molecule has 0 spiro atoms. The maximum absolute atomic E-state index is 12.9. The minimum atomic E-state index is -0.186. The summed E-state index contributed by atoms with van der Waals surface area (Å²) in [6, 6.07) is 7.68. The van der Waals surface area contributed by atoms with E-state index < -0.39 is 0 Å². The molecular weight excluding hydrogens is 404 g/mol. The first-order chi connectivity index (χ1) is 12.1. The molecule has 25 heavy (non-hydrogen) atoms. The van der Waals surface area contributed by atoms with Gasteiger partial charge >= 0.3 is 0 Å². The monoisotopic (exact) mass is 420 g/mol. The van der Waals surface area contributed by atoms with Crippen LogP contribution in [0, 0.1) is 0 Å². The number of nitrogens with zero attached hydrogens (tertiary/aromatic N) is 2. The smallest absolute Gasteiger partial charge is 0.265 e.